The highest BCUT2D eigenvalue weighted by Crippen LogP contribution is 2.25. The van der Waals surface area contributed by atoms with E-state index in [4.69, 9.17) is 5.11 Å². The molecule has 136 valence electrons. The van der Waals surface area contributed by atoms with Crippen LogP contribution in [0.2, 0.25) is 0 Å². The zero-order chi connectivity index (χ0) is 19.1. The molecule has 0 radical (unpaired) electrons. The molecule has 26 heavy (non-hydrogen) atoms. The summed E-state index contributed by atoms with van der Waals surface area (Å²) >= 11 is 0. The Bertz CT molecular complexity index is 813. The van der Waals surface area contributed by atoms with Gasteiger partial charge in [-0.15, -0.1) is 0 Å². The van der Waals surface area contributed by atoms with Crippen molar-refractivity contribution in [3.63, 3.8) is 0 Å². The first-order valence-electron chi connectivity index (χ1n) is 7.84. The molecule has 0 aliphatic rings. The average molecular weight is 357 g/mol. The van der Waals surface area contributed by atoms with Crippen LogP contribution in [0, 0.1) is 0 Å². The van der Waals surface area contributed by atoms with E-state index >= 15 is 0 Å². The van der Waals surface area contributed by atoms with Gasteiger partial charge >= 0.3 is 5.97 Å². The summed E-state index contributed by atoms with van der Waals surface area (Å²) in [6, 6.07) is 10.5. The fraction of sp³-hybridized carbons (Fsp3) is 0.158. The lowest BCUT2D eigenvalue weighted by atomic mass is 10.1. The van der Waals surface area contributed by atoms with Gasteiger partial charge in [-0.05, 0) is 47.9 Å². The first-order valence-corrected chi connectivity index (χ1v) is 7.84. The monoisotopic (exact) mass is 357 g/mol. The maximum atomic E-state index is 12.3. The number of carboxylic acids is 1. The number of carbonyl (C=O) groups is 2. The Labute approximate surface area is 150 Å². The molecule has 0 aromatic heterocycles. The number of nitrogens with zero attached hydrogens (tertiary/aromatic N) is 1. The van der Waals surface area contributed by atoms with Crippen molar-refractivity contribution in [3.05, 3.63) is 59.7 Å². The Kier molecular flexibility index (Phi) is 6.21. The largest absolute Gasteiger partial charge is 0.508 e. The van der Waals surface area contributed by atoms with E-state index in [0.717, 1.165) is 5.56 Å². The van der Waals surface area contributed by atoms with Gasteiger partial charge in [0.25, 0.3) is 0 Å². The van der Waals surface area contributed by atoms with Gasteiger partial charge in [-0.2, -0.15) is 0 Å². The topological polar surface area (TPSA) is 118 Å². The van der Waals surface area contributed by atoms with Crippen LogP contribution in [0.4, 0.5) is 0 Å². The van der Waals surface area contributed by atoms with E-state index in [1.54, 1.807) is 12.1 Å². The summed E-state index contributed by atoms with van der Waals surface area (Å²) in [5, 5.41) is 37.0. The van der Waals surface area contributed by atoms with Crippen molar-refractivity contribution in [2.24, 2.45) is 0 Å². The number of aliphatic carboxylic acids is 1. The molecule has 0 aliphatic heterocycles. The first-order chi connectivity index (χ1) is 12.3. The molecular weight excluding hydrogens is 338 g/mol. The zero-order valence-corrected chi connectivity index (χ0v) is 13.9. The van der Waals surface area contributed by atoms with E-state index < -0.39 is 18.4 Å². The number of benzene rings is 2. The number of phenolic OH excluding ortho intramolecular Hbond substituents is 3. The number of hydrogen-bond donors (Lipinski definition) is 4. The van der Waals surface area contributed by atoms with Crippen molar-refractivity contribution >= 4 is 18.0 Å². The second-order valence-corrected chi connectivity index (χ2v) is 5.65. The summed E-state index contributed by atoms with van der Waals surface area (Å²) in [5.41, 5.74) is 1.35. The van der Waals surface area contributed by atoms with Gasteiger partial charge in [-0.25, -0.2) is 0 Å². The molecule has 0 saturated heterocycles. The quantitative estimate of drug-likeness (QED) is 0.444. The van der Waals surface area contributed by atoms with Crippen molar-refractivity contribution in [1.82, 2.24) is 4.90 Å². The first kappa shape index (κ1) is 18.9. The second kappa shape index (κ2) is 8.57. The number of hydrogen-bond acceptors (Lipinski definition) is 5. The molecule has 2 rings (SSSR count). The van der Waals surface area contributed by atoms with Gasteiger partial charge in [0.05, 0.1) is 0 Å². The molecule has 0 aliphatic carbocycles. The maximum absolute atomic E-state index is 12.3. The van der Waals surface area contributed by atoms with Crippen LogP contribution in [-0.2, 0) is 16.0 Å². The zero-order valence-electron chi connectivity index (χ0n) is 13.9. The lowest BCUT2D eigenvalue weighted by molar-refractivity contribution is -0.142. The fourth-order valence-corrected chi connectivity index (χ4v) is 2.27. The van der Waals surface area contributed by atoms with E-state index in [1.165, 1.54) is 47.4 Å². The Morgan fingerprint density at radius 1 is 0.962 bits per heavy atom. The fourth-order valence-electron chi connectivity index (χ4n) is 2.27. The lowest BCUT2D eigenvalue weighted by Crippen LogP contribution is -2.36. The van der Waals surface area contributed by atoms with Crippen molar-refractivity contribution in [2.75, 3.05) is 13.1 Å². The van der Waals surface area contributed by atoms with Crippen LogP contribution in [0.1, 0.15) is 11.1 Å². The minimum absolute atomic E-state index is 0.132. The molecule has 0 fully saturated rings. The van der Waals surface area contributed by atoms with Gasteiger partial charge < -0.3 is 25.3 Å². The van der Waals surface area contributed by atoms with Crippen LogP contribution in [0.15, 0.2) is 48.5 Å². The van der Waals surface area contributed by atoms with Crippen molar-refractivity contribution < 1.29 is 30.0 Å². The molecule has 4 N–H and O–H groups in total. The van der Waals surface area contributed by atoms with Crippen LogP contribution < -0.4 is 0 Å². The van der Waals surface area contributed by atoms with Gasteiger partial charge in [-0.1, -0.05) is 18.2 Å². The molecule has 7 nitrogen and oxygen atoms in total. The van der Waals surface area contributed by atoms with Gasteiger partial charge in [-0.3, -0.25) is 9.59 Å². The SMILES string of the molecule is O=C(O)CN(CCc1ccc(O)cc1)C(=O)/C=C/c1ccc(O)c(O)c1. The number of amides is 1. The van der Waals surface area contributed by atoms with E-state index in [-0.39, 0.29) is 23.8 Å². The van der Waals surface area contributed by atoms with Crippen LogP contribution in [0.5, 0.6) is 17.2 Å². The molecule has 2 aromatic carbocycles. The molecule has 0 heterocycles. The summed E-state index contributed by atoms with van der Waals surface area (Å²) in [6.07, 6.45) is 3.08. The van der Waals surface area contributed by atoms with Gasteiger partial charge in [0.1, 0.15) is 12.3 Å². The summed E-state index contributed by atoms with van der Waals surface area (Å²) < 4.78 is 0. The minimum atomic E-state index is -1.13. The van der Waals surface area contributed by atoms with Crippen LogP contribution in [-0.4, -0.2) is 50.3 Å². The third-order valence-electron chi connectivity index (χ3n) is 3.66. The summed E-state index contributed by atoms with van der Waals surface area (Å²) in [7, 11) is 0. The Morgan fingerprint density at radius 3 is 2.27 bits per heavy atom. The predicted molar refractivity (Wildman–Crippen MR) is 94.8 cm³/mol. The van der Waals surface area contributed by atoms with E-state index in [0.29, 0.717) is 12.0 Å². The maximum Gasteiger partial charge on any atom is 0.323 e. The Morgan fingerprint density at radius 2 is 1.65 bits per heavy atom. The molecular formula is C19H19NO6. The molecule has 0 saturated carbocycles. The molecule has 7 heteroatoms. The number of aromatic hydroxyl groups is 3. The van der Waals surface area contributed by atoms with E-state index in [2.05, 4.69) is 0 Å². The number of carboxylic acid groups (broad SMARTS) is 1. The molecule has 0 bridgehead atoms. The third kappa shape index (κ3) is 5.55. The number of carbonyl (C=O) groups excluding carboxylic acids is 1. The average Bonchev–Trinajstić information content (AvgIpc) is 2.60. The molecule has 0 spiro atoms. The smallest absolute Gasteiger partial charge is 0.323 e. The van der Waals surface area contributed by atoms with Crippen molar-refractivity contribution in [1.29, 1.82) is 0 Å². The highest BCUT2D eigenvalue weighted by atomic mass is 16.4. The summed E-state index contributed by atoms with van der Waals surface area (Å²) in [6.45, 7) is -0.247. The highest BCUT2D eigenvalue weighted by molar-refractivity contribution is 5.93. The normalized spacial score (nSPS) is 10.8. The van der Waals surface area contributed by atoms with Crippen LogP contribution in [0.25, 0.3) is 6.08 Å². The minimum Gasteiger partial charge on any atom is -0.508 e. The van der Waals surface area contributed by atoms with E-state index in [1.807, 2.05) is 0 Å². The lowest BCUT2D eigenvalue weighted by Gasteiger charge is -2.19. The van der Waals surface area contributed by atoms with Crippen molar-refractivity contribution in [2.45, 2.75) is 6.42 Å². The van der Waals surface area contributed by atoms with Crippen LogP contribution in [0.3, 0.4) is 0 Å². The molecule has 1 amide bonds. The highest BCUT2D eigenvalue weighted by Gasteiger charge is 2.14. The van der Waals surface area contributed by atoms with Gasteiger partial charge in [0.15, 0.2) is 11.5 Å². The van der Waals surface area contributed by atoms with E-state index in [9.17, 15) is 24.9 Å². The Balaban J connectivity index is 2.05. The van der Waals surface area contributed by atoms with Gasteiger partial charge in [0.2, 0.25) is 5.91 Å². The van der Waals surface area contributed by atoms with Gasteiger partial charge in [0, 0.05) is 12.6 Å². The van der Waals surface area contributed by atoms with Crippen LogP contribution >= 0.6 is 0 Å². The number of phenols is 3. The molecule has 2 aromatic rings. The third-order valence-corrected chi connectivity index (χ3v) is 3.66. The molecule has 0 unspecified atom stereocenters. The summed E-state index contributed by atoms with van der Waals surface area (Å²) in [4.78, 5) is 24.5. The second-order valence-electron chi connectivity index (χ2n) is 5.65. The Hall–Kier alpha value is -3.48. The summed E-state index contributed by atoms with van der Waals surface area (Å²) in [5.74, 6) is -2.06. The standard InChI is InChI=1S/C19H19NO6/c21-15-5-1-13(2-6-15)9-10-20(12-19(25)26)18(24)8-4-14-3-7-16(22)17(23)11-14/h1-8,11,21-23H,9-10,12H2,(H,25,26)/b8-4+. The van der Waals surface area contributed by atoms with Crippen molar-refractivity contribution in [3.8, 4) is 17.2 Å². The number of rotatable bonds is 7. The molecule has 0 atom stereocenters. The predicted octanol–water partition coefficient (Wildman–Crippen LogP) is 1.97.